The van der Waals surface area contributed by atoms with Gasteiger partial charge in [-0.3, -0.25) is 19.8 Å². The second-order valence-electron chi connectivity index (χ2n) is 8.64. The zero-order valence-corrected chi connectivity index (χ0v) is 16.8. The monoisotopic (exact) mass is 414 g/mol. The number of nitrogens with zero attached hydrogens (tertiary/aromatic N) is 3. The number of non-ortho nitro benzene ring substituents is 1. The third kappa shape index (κ3) is 2.77. The van der Waals surface area contributed by atoms with Crippen molar-refractivity contribution >= 4 is 27.9 Å². The number of rotatable bonds is 4. The normalized spacial score (nSPS) is 27.0. The number of benzene rings is 3. The number of nitro groups is 1. The van der Waals surface area contributed by atoms with Crippen LogP contribution in [-0.2, 0) is 0 Å². The Morgan fingerprint density at radius 2 is 1.71 bits per heavy atom. The molecule has 3 aliphatic heterocycles. The summed E-state index contributed by atoms with van der Waals surface area (Å²) in [6.45, 7) is 1.58. The lowest BCUT2D eigenvalue weighted by Crippen LogP contribution is -2.57. The molecule has 7 heteroatoms. The topological polar surface area (TPSA) is 78.7 Å². The van der Waals surface area contributed by atoms with E-state index in [-0.39, 0.29) is 34.5 Å². The van der Waals surface area contributed by atoms with Gasteiger partial charge in [0.1, 0.15) is 0 Å². The lowest BCUT2D eigenvalue weighted by atomic mass is 9.99. The van der Waals surface area contributed by atoms with Crippen LogP contribution in [0.4, 0.5) is 11.4 Å². The van der Waals surface area contributed by atoms with Crippen molar-refractivity contribution in [1.29, 1.82) is 0 Å². The van der Waals surface area contributed by atoms with Crippen molar-refractivity contribution in [1.82, 2.24) is 10.2 Å². The van der Waals surface area contributed by atoms with Crippen LogP contribution in [-0.4, -0.2) is 53.0 Å². The standard InChI is InChI=1S/C24H22N4O3/c29-24(15-6-2-1-3-7-15)23-21-12-18(25-23)22-13-26(14-27(21)22)19-10-11-20(28(30)31)17-9-5-4-8-16(17)19/h1-11,18,21-23,25H,12-14H2. The fraction of sp³-hybridized carbons (Fsp3) is 0.292. The van der Waals surface area contributed by atoms with Gasteiger partial charge in [-0.1, -0.05) is 48.5 Å². The summed E-state index contributed by atoms with van der Waals surface area (Å²) in [5.41, 5.74) is 1.90. The van der Waals surface area contributed by atoms with E-state index in [1.807, 2.05) is 60.7 Å². The highest BCUT2D eigenvalue weighted by molar-refractivity contribution is 6.01. The maximum absolute atomic E-state index is 13.1. The minimum atomic E-state index is -0.321. The lowest BCUT2D eigenvalue weighted by Gasteiger charge is -2.33. The van der Waals surface area contributed by atoms with Gasteiger partial charge in [-0.2, -0.15) is 0 Å². The quantitative estimate of drug-likeness (QED) is 0.401. The van der Waals surface area contributed by atoms with Crippen molar-refractivity contribution in [2.75, 3.05) is 18.1 Å². The molecule has 4 unspecified atom stereocenters. The first-order valence-electron chi connectivity index (χ1n) is 10.6. The van der Waals surface area contributed by atoms with E-state index < -0.39 is 0 Å². The third-order valence-electron chi connectivity index (χ3n) is 7.09. The fourth-order valence-corrected chi connectivity index (χ4v) is 5.71. The summed E-state index contributed by atoms with van der Waals surface area (Å²) in [6.07, 6.45) is 0.989. The van der Waals surface area contributed by atoms with Crippen LogP contribution in [0.5, 0.6) is 0 Å². The average molecular weight is 414 g/mol. The van der Waals surface area contributed by atoms with Crippen molar-refractivity contribution in [3.63, 3.8) is 0 Å². The molecule has 4 atom stereocenters. The van der Waals surface area contributed by atoms with Crippen molar-refractivity contribution in [3.8, 4) is 0 Å². The summed E-state index contributed by atoms with van der Waals surface area (Å²) < 4.78 is 0. The van der Waals surface area contributed by atoms with Gasteiger partial charge in [-0.25, -0.2) is 0 Å². The highest BCUT2D eigenvalue weighted by atomic mass is 16.6. The zero-order chi connectivity index (χ0) is 21.1. The molecular formula is C24H22N4O3. The second-order valence-corrected chi connectivity index (χ2v) is 8.64. The molecule has 3 aromatic rings. The molecule has 0 spiro atoms. The summed E-state index contributed by atoms with van der Waals surface area (Å²) in [6, 6.07) is 21.1. The number of piperazine rings is 1. The van der Waals surface area contributed by atoms with Crippen LogP contribution in [0.25, 0.3) is 10.8 Å². The Labute approximate surface area is 179 Å². The van der Waals surface area contributed by atoms with Gasteiger partial charge in [0, 0.05) is 47.4 Å². The first-order chi connectivity index (χ1) is 15.1. The first-order valence-corrected chi connectivity index (χ1v) is 10.6. The average Bonchev–Trinajstić information content (AvgIpc) is 3.50. The van der Waals surface area contributed by atoms with Crippen LogP contribution in [0.2, 0.25) is 0 Å². The number of carbonyl (C=O) groups excluding carboxylic acids is 1. The molecule has 7 nitrogen and oxygen atoms in total. The molecule has 3 saturated heterocycles. The van der Waals surface area contributed by atoms with Gasteiger partial charge in [-0.15, -0.1) is 0 Å². The van der Waals surface area contributed by atoms with Crippen LogP contribution < -0.4 is 10.2 Å². The molecule has 156 valence electrons. The number of hydrogen-bond acceptors (Lipinski definition) is 6. The molecule has 2 bridgehead atoms. The van der Waals surface area contributed by atoms with Gasteiger partial charge in [-0.05, 0) is 18.6 Å². The molecule has 6 rings (SSSR count). The van der Waals surface area contributed by atoms with Crippen molar-refractivity contribution in [3.05, 3.63) is 82.4 Å². The van der Waals surface area contributed by atoms with Gasteiger partial charge in [0.15, 0.2) is 5.78 Å². The molecule has 0 amide bonds. The highest BCUT2D eigenvalue weighted by Gasteiger charge is 2.56. The molecule has 3 fully saturated rings. The van der Waals surface area contributed by atoms with Gasteiger partial charge >= 0.3 is 0 Å². The minimum absolute atomic E-state index is 0.134. The summed E-state index contributed by atoms with van der Waals surface area (Å²) >= 11 is 0. The molecule has 0 aliphatic carbocycles. The van der Waals surface area contributed by atoms with Crippen LogP contribution in [0.3, 0.4) is 0 Å². The number of nitro benzene ring substituents is 1. The maximum atomic E-state index is 13.1. The van der Waals surface area contributed by atoms with Crippen molar-refractivity contribution in [2.24, 2.45) is 0 Å². The lowest BCUT2D eigenvalue weighted by molar-refractivity contribution is -0.383. The number of ketones is 1. The number of hydrogen-bond donors (Lipinski definition) is 1. The van der Waals surface area contributed by atoms with E-state index in [0.29, 0.717) is 11.4 Å². The highest BCUT2D eigenvalue weighted by Crippen LogP contribution is 2.41. The summed E-state index contributed by atoms with van der Waals surface area (Å²) in [7, 11) is 0. The Hall–Kier alpha value is -3.29. The van der Waals surface area contributed by atoms with Crippen LogP contribution in [0.1, 0.15) is 16.8 Å². The number of nitrogens with one attached hydrogen (secondary N) is 1. The Balaban J connectivity index is 1.29. The largest absolute Gasteiger partial charge is 0.356 e. The molecule has 3 aliphatic rings. The van der Waals surface area contributed by atoms with Gasteiger partial charge in [0.2, 0.25) is 0 Å². The van der Waals surface area contributed by atoms with Crippen molar-refractivity contribution < 1.29 is 9.72 Å². The molecular weight excluding hydrogens is 392 g/mol. The van der Waals surface area contributed by atoms with Gasteiger partial charge in [0.25, 0.3) is 5.69 Å². The molecule has 0 radical (unpaired) electrons. The number of Topliss-reactive ketones (excluding diaryl/α,β-unsaturated/α-hetero) is 1. The van der Waals surface area contributed by atoms with E-state index in [4.69, 9.17) is 0 Å². The summed E-state index contributed by atoms with van der Waals surface area (Å²) in [5.74, 6) is 0.158. The maximum Gasteiger partial charge on any atom is 0.277 e. The molecule has 0 aromatic heterocycles. The van der Waals surface area contributed by atoms with Crippen molar-refractivity contribution in [2.45, 2.75) is 30.6 Å². The fourth-order valence-electron chi connectivity index (χ4n) is 5.71. The first kappa shape index (κ1) is 18.5. The molecule has 3 aromatic carbocycles. The summed E-state index contributed by atoms with van der Waals surface area (Å²) in [5, 5.41) is 16.6. The Morgan fingerprint density at radius 1 is 0.968 bits per heavy atom. The zero-order valence-electron chi connectivity index (χ0n) is 16.8. The second kappa shape index (κ2) is 6.87. The Morgan fingerprint density at radius 3 is 2.48 bits per heavy atom. The van der Waals surface area contributed by atoms with E-state index in [1.54, 1.807) is 6.07 Å². The van der Waals surface area contributed by atoms with E-state index in [1.165, 1.54) is 0 Å². The minimum Gasteiger partial charge on any atom is -0.356 e. The van der Waals surface area contributed by atoms with Gasteiger partial charge < -0.3 is 10.2 Å². The van der Waals surface area contributed by atoms with E-state index >= 15 is 0 Å². The van der Waals surface area contributed by atoms with E-state index in [2.05, 4.69) is 15.1 Å². The Kier molecular flexibility index (Phi) is 4.09. The Bertz CT molecular complexity index is 1200. The van der Waals surface area contributed by atoms with Crippen LogP contribution >= 0.6 is 0 Å². The molecule has 0 saturated carbocycles. The number of carbonyl (C=O) groups is 1. The van der Waals surface area contributed by atoms with E-state index in [9.17, 15) is 14.9 Å². The molecule has 3 heterocycles. The summed E-state index contributed by atoms with van der Waals surface area (Å²) in [4.78, 5) is 29.0. The smallest absolute Gasteiger partial charge is 0.277 e. The molecule has 31 heavy (non-hydrogen) atoms. The predicted octanol–water partition coefficient (Wildman–Crippen LogP) is 3.19. The predicted molar refractivity (Wildman–Crippen MR) is 118 cm³/mol. The number of fused-ring (bicyclic) bond motifs is 6. The van der Waals surface area contributed by atoms with Crippen LogP contribution in [0.15, 0.2) is 66.7 Å². The van der Waals surface area contributed by atoms with E-state index in [0.717, 1.165) is 36.3 Å². The molecule has 1 N–H and O–H groups in total. The van der Waals surface area contributed by atoms with Gasteiger partial charge in [0.05, 0.1) is 23.0 Å². The van der Waals surface area contributed by atoms with Crippen LogP contribution in [0, 0.1) is 10.1 Å². The number of anilines is 1. The third-order valence-corrected chi connectivity index (χ3v) is 7.09. The SMILES string of the molecule is O=C(c1ccccc1)C1NC2CC1N1CN(c3ccc([N+](=O)[O-])c4ccccc34)CC21.